The second-order valence-electron chi connectivity index (χ2n) is 5.50. The van der Waals surface area contributed by atoms with Crippen molar-refractivity contribution in [2.75, 3.05) is 0 Å². The fourth-order valence-electron chi connectivity index (χ4n) is 1.51. The number of carboxylic acids is 1. The van der Waals surface area contributed by atoms with Gasteiger partial charge in [0.15, 0.2) is 5.82 Å². The van der Waals surface area contributed by atoms with E-state index in [2.05, 4.69) is 10.1 Å². The second kappa shape index (κ2) is 5.85. The van der Waals surface area contributed by atoms with Crippen molar-refractivity contribution in [3.05, 3.63) is 41.3 Å². The average molecular weight is 310 g/mol. The molecule has 0 radical (unpaired) electrons. The summed E-state index contributed by atoms with van der Waals surface area (Å²) in [6.45, 7) is 5.86. The Labute approximate surface area is 125 Å². The fraction of sp³-hybridized carbons (Fsp3) is 0.357. The van der Waals surface area contributed by atoms with E-state index in [-0.39, 0.29) is 15.9 Å². The van der Waals surface area contributed by atoms with Crippen molar-refractivity contribution in [2.24, 2.45) is 0 Å². The van der Waals surface area contributed by atoms with E-state index in [1.54, 1.807) is 0 Å². The van der Waals surface area contributed by atoms with E-state index >= 15 is 0 Å². The van der Waals surface area contributed by atoms with Crippen LogP contribution in [-0.2, 0) is 11.2 Å². The van der Waals surface area contributed by atoms with Crippen LogP contribution in [0.5, 0.6) is 0 Å². The topological polar surface area (TPSA) is 76.2 Å². The molecule has 1 heterocycles. The van der Waals surface area contributed by atoms with Crippen molar-refractivity contribution >= 4 is 17.7 Å². The first kappa shape index (κ1) is 15.5. The molecule has 2 aromatic rings. The SMILES string of the molecule is CC(C)(C)c1nc(CSc2cc(C(=O)O)ccc2F)no1. The summed E-state index contributed by atoms with van der Waals surface area (Å²) in [6, 6.07) is 3.67. The number of rotatable bonds is 4. The van der Waals surface area contributed by atoms with E-state index in [1.807, 2.05) is 20.8 Å². The Morgan fingerprint density at radius 3 is 2.71 bits per heavy atom. The second-order valence-corrected chi connectivity index (χ2v) is 6.52. The highest BCUT2D eigenvalue weighted by atomic mass is 32.2. The first-order valence-electron chi connectivity index (χ1n) is 6.26. The van der Waals surface area contributed by atoms with Crippen LogP contribution in [0.15, 0.2) is 27.6 Å². The Bertz CT molecular complexity index is 664. The number of benzene rings is 1. The van der Waals surface area contributed by atoms with Crippen LogP contribution in [0.25, 0.3) is 0 Å². The molecule has 0 fully saturated rings. The van der Waals surface area contributed by atoms with Crippen LogP contribution in [0.1, 0.15) is 42.8 Å². The summed E-state index contributed by atoms with van der Waals surface area (Å²) < 4.78 is 18.8. The third kappa shape index (κ3) is 3.81. The van der Waals surface area contributed by atoms with Gasteiger partial charge in [0.05, 0.1) is 11.3 Å². The molecule has 0 spiro atoms. The normalized spacial score (nSPS) is 11.6. The van der Waals surface area contributed by atoms with Gasteiger partial charge in [0.25, 0.3) is 0 Å². The largest absolute Gasteiger partial charge is 0.478 e. The van der Waals surface area contributed by atoms with E-state index < -0.39 is 11.8 Å². The minimum atomic E-state index is -1.09. The first-order valence-corrected chi connectivity index (χ1v) is 7.24. The predicted molar refractivity (Wildman–Crippen MR) is 75.9 cm³/mol. The third-order valence-electron chi connectivity index (χ3n) is 2.64. The molecule has 5 nitrogen and oxygen atoms in total. The Morgan fingerprint density at radius 2 is 2.14 bits per heavy atom. The van der Waals surface area contributed by atoms with Crippen molar-refractivity contribution in [1.29, 1.82) is 0 Å². The van der Waals surface area contributed by atoms with Gasteiger partial charge in [-0.1, -0.05) is 25.9 Å². The lowest BCUT2D eigenvalue weighted by atomic mass is 9.97. The number of carbonyl (C=O) groups is 1. The van der Waals surface area contributed by atoms with E-state index in [0.29, 0.717) is 17.5 Å². The quantitative estimate of drug-likeness (QED) is 0.871. The third-order valence-corrected chi connectivity index (χ3v) is 3.67. The molecule has 0 amide bonds. The number of hydrogen-bond donors (Lipinski definition) is 1. The van der Waals surface area contributed by atoms with Gasteiger partial charge in [-0.05, 0) is 18.2 Å². The minimum Gasteiger partial charge on any atom is -0.478 e. The molecule has 0 bridgehead atoms. The summed E-state index contributed by atoms with van der Waals surface area (Å²) in [4.78, 5) is 15.4. The minimum absolute atomic E-state index is 0.0439. The first-order chi connectivity index (χ1) is 9.77. The van der Waals surface area contributed by atoms with Crippen LogP contribution in [0.2, 0.25) is 0 Å². The van der Waals surface area contributed by atoms with E-state index in [4.69, 9.17) is 9.63 Å². The highest BCUT2D eigenvalue weighted by Gasteiger charge is 2.21. The Balaban J connectivity index is 2.11. The Kier molecular flexibility index (Phi) is 4.32. The average Bonchev–Trinajstić information content (AvgIpc) is 2.86. The lowest BCUT2D eigenvalue weighted by Crippen LogP contribution is -2.11. The monoisotopic (exact) mass is 310 g/mol. The van der Waals surface area contributed by atoms with Gasteiger partial charge in [0.1, 0.15) is 5.82 Å². The van der Waals surface area contributed by atoms with Crippen LogP contribution >= 0.6 is 11.8 Å². The van der Waals surface area contributed by atoms with Gasteiger partial charge in [0, 0.05) is 10.3 Å². The molecule has 2 rings (SSSR count). The standard InChI is InChI=1S/C14H15FN2O3S/c1-14(2,3)13-16-11(17-20-13)7-21-10-6-8(12(18)19)4-5-9(10)15/h4-6H,7H2,1-3H3,(H,18,19). The summed E-state index contributed by atoms with van der Waals surface area (Å²) in [5, 5.41) is 12.7. The molecule has 0 unspecified atom stereocenters. The molecule has 1 aromatic carbocycles. The number of halogens is 1. The summed E-state index contributed by atoms with van der Waals surface area (Å²) >= 11 is 1.13. The number of nitrogens with zero attached hydrogens (tertiary/aromatic N) is 2. The molecule has 1 aromatic heterocycles. The number of aromatic carboxylic acids is 1. The summed E-state index contributed by atoms with van der Waals surface area (Å²) in [5.41, 5.74) is -0.202. The van der Waals surface area contributed by atoms with Crippen molar-refractivity contribution in [3.63, 3.8) is 0 Å². The van der Waals surface area contributed by atoms with Gasteiger partial charge in [-0.15, -0.1) is 11.8 Å². The van der Waals surface area contributed by atoms with Crippen molar-refractivity contribution in [2.45, 2.75) is 36.8 Å². The fourth-order valence-corrected chi connectivity index (χ4v) is 2.32. The van der Waals surface area contributed by atoms with Gasteiger partial charge in [-0.25, -0.2) is 9.18 Å². The lowest BCUT2D eigenvalue weighted by molar-refractivity contribution is 0.0696. The molecule has 0 saturated heterocycles. The molecule has 1 N–H and O–H groups in total. The molecule has 0 atom stereocenters. The maximum atomic E-state index is 13.7. The highest BCUT2D eigenvalue weighted by molar-refractivity contribution is 7.98. The molecule has 0 aliphatic heterocycles. The summed E-state index contributed by atoms with van der Waals surface area (Å²) in [6.07, 6.45) is 0. The number of aromatic nitrogens is 2. The molecule has 0 saturated carbocycles. The summed E-state index contributed by atoms with van der Waals surface area (Å²) in [5.74, 6) is -0.293. The molecular weight excluding hydrogens is 295 g/mol. The van der Waals surface area contributed by atoms with Gasteiger partial charge >= 0.3 is 5.97 Å². The number of thioether (sulfide) groups is 1. The van der Waals surface area contributed by atoms with Crippen LogP contribution < -0.4 is 0 Å². The smallest absolute Gasteiger partial charge is 0.335 e. The molecular formula is C14H15FN2O3S. The maximum Gasteiger partial charge on any atom is 0.335 e. The van der Waals surface area contributed by atoms with Crippen LogP contribution in [0, 0.1) is 5.82 Å². The van der Waals surface area contributed by atoms with Crippen molar-refractivity contribution in [1.82, 2.24) is 10.1 Å². The van der Waals surface area contributed by atoms with Gasteiger partial charge < -0.3 is 9.63 Å². The summed E-state index contributed by atoms with van der Waals surface area (Å²) in [7, 11) is 0. The zero-order valence-corrected chi connectivity index (χ0v) is 12.7. The molecule has 0 aliphatic carbocycles. The zero-order valence-electron chi connectivity index (χ0n) is 11.9. The maximum absolute atomic E-state index is 13.7. The Morgan fingerprint density at radius 1 is 1.43 bits per heavy atom. The lowest BCUT2D eigenvalue weighted by Gasteiger charge is -2.10. The van der Waals surface area contributed by atoms with Crippen LogP contribution in [0.4, 0.5) is 4.39 Å². The predicted octanol–water partition coefficient (Wildman–Crippen LogP) is 3.50. The Hall–Kier alpha value is -1.89. The number of hydrogen-bond acceptors (Lipinski definition) is 5. The van der Waals surface area contributed by atoms with Gasteiger partial charge in [-0.3, -0.25) is 0 Å². The molecule has 112 valence electrons. The molecule has 21 heavy (non-hydrogen) atoms. The van der Waals surface area contributed by atoms with Gasteiger partial charge in [0.2, 0.25) is 5.89 Å². The van der Waals surface area contributed by atoms with E-state index in [0.717, 1.165) is 17.8 Å². The zero-order chi connectivity index (χ0) is 15.6. The van der Waals surface area contributed by atoms with Crippen LogP contribution in [0.3, 0.4) is 0 Å². The highest BCUT2D eigenvalue weighted by Crippen LogP contribution is 2.27. The van der Waals surface area contributed by atoms with E-state index in [9.17, 15) is 9.18 Å². The van der Waals surface area contributed by atoms with Gasteiger partial charge in [-0.2, -0.15) is 4.98 Å². The van der Waals surface area contributed by atoms with Crippen molar-refractivity contribution in [3.8, 4) is 0 Å². The van der Waals surface area contributed by atoms with Crippen molar-refractivity contribution < 1.29 is 18.8 Å². The van der Waals surface area contributed by atoms with Crippen LogP contribution in [-0.4, -0.2) is 21.2 Å². The molecule has 0 aliphatic rings. The molecule has 7 heteroatoms. The van der Waals surface area contributed by atoms with E-state index in [1.165, 1.54) is 12.1 Å². The number of carboxylic acid groups (broad SMARTS) is 1.